The third-order valence-corrected chi connectivity index (χ3v) is 3.93. The highest BCUT2D eigenvalue weighted by atomic mass is 32.3. The van der Waals surface area contributed by atoms with E-state index in [4.69, 9.17) is 0 Å². The first kappa shape index (κ1) is 16.4. The summed E-state index contributed by atoms with van der Waals surface area (Å²) in [6, 6.07) is 11.4. The predicted octanol–water partition coefficient (Wildman–Crippen LogP) is 3.18. The van der Waals surface area contributed by atoms with E-state index in [0.29, 0.717) is 0 Å². The van der Waals surface area contributed by atoms with Crippen LogP contribution in [0.5, 0.6) is 11.5 Å². The molecule has 0 aromatic heterocycles. The molecule has 0 spiro atoms. The van der Waals surface area contributed by atoms with E-state index in [1.54, 1.807) is 0 Å². The zero-order valence-corrected chi connectivity index (χ0v) is 13.3. The third kappa shape index (κ3) is 3.24. The lowest BCUT2D eigenvalue weighted by atomic mass is 10.0. The van der Waals surface area contributed by atoms with Crippen LogP contribution in [0.3, 0.4) is 0 Å². The highest BCUT2D eigenvalue weighted by Gasteiger charge is 2.23. The molecule has 3 aromatic carbocycles. The first-order chi connectivity index (χ1) is 11.2. The SMILES string of the molecule is O=S(=O)(F)Oc1c2ccccc2c(OS(=O)(=O)F)c2ccccc12. The molecule has 0 aliphatic carbocycles. The standard InChI is InChI=1S/C14H8F2O6S2/c15-23(17,18)21-13-9-5-1-2-6-10(9)14(22-24(16,19)20)12-8-4-3-7-11(12)13/h1-8H. The maximum atomic E-state index is 13.1. The molecule has 24 heavy (non-hydrogen) atoms. The van der Waals surface area contributed by atoms with E-state index in [1.165, 1.54) is 48.5 Å². The molecule has 6 nitrogen and oxygen atoms in total. The van der Waals surface area contributed by atoms with Crippen LogP contribution in [0, 0.1) is 0 Å². The maximum absolute atomic E-state index is 13.1. The fraction of sp³-hybridized carbons (Fsp3) is 0. The Labute approximate surface area is 136 Å². The van der Waals surface area contributed by atoms with E-state index in [9.17, 15) is 24.6 Å². The molecule has 0 aliphatic rings. The van der Waals surface area contributed by atoms with Gasteiger partial charge in [-0.3, -0.25) is 0 Å². The Bertz CT molecular complexity index is 1010. The van der Waals surface area contributed by atoms with Crippen molar-refractivity contribution in [1.29, 1.82) is 0 Å². The van der Waals surface area contributed by atoms with Crippen molar-refractivity contribution in [3.8, 4) is 11.5 Å². The summed E-state index contributed by atoms with van der Waals surface area (Å²) in [4.78, 5) is 0. The van der Waals surface area contributed by atoms with Gasteiger partial charge in [0.15, 0.2) is 11.5 Å². The predicted molar refractivity (Wildman–Crippen MR) is 82.8 cm³/mol. The Morgan fingerprint density at radius 3 is 1.04 bits per heavy atom. The topological polar surface area (TPSA) is 86.7 Å². The van der Waals surface area contributed by atoms with Crippen LogP contribution in [0.4, 0.5) is 7.77 Å². The number of halogens is 2. The van der Waals surface area contributed by atoms with E-state index in [2.05, 4.69) is 8.37 Å². The number of rotatable bonds is 4. The molecule has 0 bridgehead atoms. The largest absolute Gasteiger partial charge is 0.488 e. The van der Waals surface area contributed by atoms with Crippen molar-refractivity contribution >= 4 is 42.6 Å². The Morgan fingerprint density at radius 2 is 0.833 bits per heavy atom. The second-order valence-corrected chi connectivity index (χ2v) is 6.61. The summed E-state index contributed by atoms with van der Waals surface area (Å²) in [6.07, 6.45) is 0. The first-order valence-electron chi connectivity index (χ1n) is 6.37. The summed E-state index contributed by atoms with van der Waals surface area (Å²) in [7, 11) is -10.7. The molecule has 0 saturated heterocycles. The van der Waals surface area contributed by atoms with Crippen LogP contribution in [0.2, 0.25) is 0 Å². The molecule has 10 heteroatoms. The molecule has 0 atom stereocenters. The summed E-state index contributed by atoms with van der Waals surface area (Å²) in [6.45, 7) is 0. The van der Waals surface area contributed by atoms with Gasteiger partial charge in [-0.15, -0.1) is 0 Å². The molecule has 0 heterocycles. The minimum atomic E-state index is -5.34. The summed E-state index contributed by atoms with van der Waals surface area (Å²) in [5.74, 6) is -0.709. The second kappa shape index (κ2) is 5.56. The summed E-state index contributed by atoms with van der Waals surface area (Å²) in [5, 5.41) is 0.152. The maximum Gasteiger partial charge on any atom is 0.488 e. The molecule has 0 N–H and O–H groups in total. The van der Waals surface area contributed by atoms with Gasteiger partial charge in [-0.25, -0.2) is 0 Å². The highest BCUT2D eigenvalue weighted by Crippen LogP contribution is 2.43. The van der Waals surface area contributed by atoms with Gasteiger partial charge in [-0.1, -0.05) is 56.3 Å². The lowest BCUT2D eigenvalue weighted by molar-refractivity contribution is 0.439. The van der Waals surface area contributed by atoms with Gasteiger partial charge in [0.2, 0.25) is 0 Å². The van der Waals surface area contributed by atoms with Crippen molar-refractivity contribution in [3.05, 3.63) is 48.5 Å². The molecule has 126 valence electrons. The van der Waals surface area contributed by atoms with Crippen LogP contribution in [0.25, 0.3) is 21.5 Å². The fourth-order valence-corrected chi connectivity index (χ4v) is 3.18. The van der Waals surface area contributed by atoms with Crippen molar-refractivity contribution in [2.24, 2.45) is 0 Å². The average Bonchev–Trinajstić information content (AvgIpc) is 2.48. The van der Waals surface area contributed by atoms with E-state index in [-0.39, 0.29) is 33.0 Å². The van der Waals surface area contributed by atoms with Crippen molar-refractivity contribution in [2.75, 3.05) is 0 Å². The van der Waals surface area contributed by atoms with Gasteiger partial charge >= 0.3 is 21.0 Å². The van der Waals surface area contributed by atoms with Gasteiger partial charge in [0, 0.05) is 21.5 Å². The van der Waals surface area contributed by atoms with Crippen LogP contribution in [0.1, 0.15) is 0 Å². The van der Waals surface area contributed by atoms with Crippen molar-refractivity contribution < 1.29 is 33.0 Å². The normalized spacial score (nSPS) is 12.4. The Morgan fingerprint density at radius 1 is 0.583 bits per heavy atom. The summed E-state index contributed by atoms with van der Waals surface area (Å²) in [5.41, 5.74) is 0. The molecular weight excluding hydrogens is 366 g/mol. The van der Waals surface area contributed by atoms with Crippen LogP contribution in [-0.4, -0.2) is 16.8 Å². The molecule has 0 unspecified atom stereocenters. The molecule has 0 saturated carbocycles. The first-order valence-corrected chi connectivity index (χ1v) is 8.99. The molecule has 0 fully saturated rings. The van der Waals surface area contributed by atoms with Crippen LogP contribution in [-0.2, 0) is 21.0 Å². The Kier molecular flexibility index (Phi) is 3.80. The molecule has 0 aliphatic heterocycles. The van der Waals surface area contributed by atoms with Crippen LogP contribution >= 0.6 is 0 Å². The highest BCUT2D eigenvalue weighted by molar-refractivity contribution is 7.82. The zero-order chi connectivity index (χ0) is 17.5. The van der Waals surface area contributed by atoms with Gasteiger partial charge in [0.25, 0.3) is 0 Å². The van der Waals surface area contributed by atoms with E-state index in [1.807, 2.05) is 0 Å². The molecular formula is C14H8F2O6S2. The number of benzene rings is 3. The van der Waals surface area contributed by atoms with Gasteiger partial charge in [-0.2, -0.15) is 16.8 Å². The van der Waals surface area contributed by atoms with E-state index in [0.717, 1.165) is 0 Å². The number of hydrogen-bond donors (Lipinski definition) is 0. The van der Waals surface area contributed by atoms with E-state index >= 15 is 0 Å². The lowest BCUT2D eigenvalue weighted by Gasteiger charge is -2.14. The van der Waals surface area contributed by atoms with Crippen LogP contribution < -0.4 is 8.37 Å². The molecule has 3 aromatic rings. The van der Waals surface area contributed by atoms with Gasteiger partial charge in [0.05, 0.1) is 0 Å². The monoisotopic (exact) mass is 374 g/mol. The van der Waals surface area contributed by atoms with Crippen molar-refractivity contribution in [1.82, 2.24) is 0 Å². The van der Waals surface area contributed by atoms with Gasteiger partial charge in [0.1, 0.15) is 0 Å². The number of hydrogen-bond acceptors (Lipinski definition) is 6. The Hall–Kier alpha value is -2.46. The molecule has 3 rings (SSSR count). The second-order valence-electron chi connectivity index (χ2n) is 4.70. The van der Waals surface area contributed by atoms with Gasteiger partial charge in [-0.05, 0) is 0 Å². The smallest absolute Gasteiger partial charge is 0.357 e. The lowest BCUT2D eigenvalue weighted by Crippen LogP contribution is -2.05. The number of fused-ring (bicyclic) bond motifs is 2. The van der Waals surface area contributed by atoms with Crippen molar-refractivity contribution in [3.63, 3.8) is 0 Å². The minimum absolute atomic E-state index is 0.0380. The molecule has 0 radical (unpaired) electrons. The van der Waals surface area contributed by atoms with Crippen LogP contribution in [0.15, 0.2) is 48.5 Å². The van der Waals surface area contributed by atoms with Crippen molar-refractivity contribution in [2.45, 2.75) is 0 Å². The zero-order valence-electron chi connectivity index (χ0n) is 11.6. The third-order valence-electron chi connectivity index (χ3n) is 3.20. The van der Waals surface area contributed by atoms with E-state index < -0.39 is 21.0 Å². The quantitative estimate of drug-likeness (QED) is 0.515. The summed E-state index contributed by atoms with van der Waals surface area (Å²) >= 11 is 0. The van der Waals surface area contributed by atoms with Gasteiger partial charge < -0.3 is 8.37 Å². The average molecular weight is 374 g/mol. The minimum Gasteiger partial charge on any atom is -0.357 e. The molecule has 0 amide bonds. The fourth-order valence-electron chi connectivity index (χ4n) is 2.43. The summed E-state index contributed by atoms with van der Waals surface area (Å²) < 4.78 is 78.7. The Balaban J connectivity index is 2.50.